The van der Waals surface area contributed by atoms with Crippen molar-refractivity contribution < 1.29 is 0 Å². The van der Waals surface area contributed by atoms with Gasteiger partial charge in [-0.3, -0.25) is 0 Å². The number of nitrogen functional groups attached to an aromatic ring is 1. The van der Waals surface area contributed by atoms with Gasteiger partial charge in [-0.2, -0.15) is 0 Å². The van der Waals surface area contributed by atoms with Gasteiger partial charge in [0.25, 0.3) is 0 Å². The minimum atomic E-state index is 0.729. The average Bonchev–Trinajstić information content (AvgIpc) is 2.30. The number of aromatic nitrogens is 1. The lowest BCUT2D eigenvalue weighted by Gasteiger charge is -2.08. The minimum Gasteiger partial charge on any atom is -0.397 e. The van der Waals surface area contributed by atoms with Gasteiger partial charge < -0.3 is 11.1 Å². The van der Waals surface area contributed by atoms with E-state index in [2.05, 4.69) is 17.2 Å². The second-order valence-corrected chi connectivity index (χ2v) is 4.63. The van der Waals surface area contributed by atoms with Gasteiger partial charge in [-0.15, -0.1) is 0 Å². The monoisotopic (exact) mass is 235 g/mol. The third-order valence-electron chi connectivity index (χ3n) is 2.92. The quantitative estimate of drug-likeness (QED) is 0.675. The predicted molar refractivity (Wildman–Crippen MR) is 75.3 cm³/mol. The van der Waals surface area contributed by atoms with Crippen LogP contribution in [0.4, 0.5) is 11.5 Å². The lowest BCUT2D eigenvalue weighted by atomic mass is 10.1. The first-order chi connectivity index (χ1) is 8.24. The van der Waals surface area contributed by atoms with Gasteiger partial charge in [-0.05, 0) is 25.0 Å². The summed E-state index contributed by atoms with van der Waals surface area (Å²) in [6, 6.07) is 1.95. The maximum absolute atomic E-state index is 5.66. The van der Waals surface area contributed by atoms with Crippen molar-refractivity contribution in [1.29, 1.82) is 0 Å². The van der Waals surface area contributed by atoms with Crippen molar-refractivity contribution in [3.8, 4) is 0 Å². The van der Waals surface area contributed by atoms with Gasteiger partial charge in [0.05, 0.1) is 11.9 Å². The lowest BCUT2D eigenvalue weighted by Crippen LogP contribution is -2.05. The fraction of sp³-hybridized carbons (Fsp3) is 0.643. The molecule has 0 radical (unpaired) electrons. The SMILES string of the molecule is CCCCCCCCNc1ncc(N)cc1C. The fourth-order valence-electron chi connectivity index (χ4n) is 1.89. The molecule has 0 spiro atoms. The van der Waals surface area contributed by atoms with E-state index in [1.165, 1.54) is 38.5 Å². The zero-order valence-corrected chi connectivity index (χ0v) is 11.1. The predicted octanol–water partition coefficient (Wildman–Crippen LogP) is 3.74. The Balaban J connectivity index is 2.14. The largest absolute Gasteiger partial charge is 0.397 e. The molecule has 96 valence electrons. The molecule has 1 heterocycles. The van der Waals surface area contributed by atoms with Crippen LogP contribution in [0, 0.1) is 6.92 Å². The first-order valence-corrected chi connectivity index (χ1v) is 6.70. The number of nitrogens with two attached hydrogens (primary N) is 1. The molecule has 0 unspecified atom stereocenters. The molecule has 0 aliphatic heterocycles. The maximum Gasteiger partial charge on any atom is 0.128 e. The van der Waals surface area contributed by atoms with Gasteiger partial charge in [0.15, 0.2) is 0 Å². The molecular weight excluding hydrogens is 210 g/mol. The Labute approximate surface area is 105 Å². The molecule has 1 rings (SSSR count). The zero-order valence-electron chi connectivity index (χ0n) is 11.1. The van der Waals surface area contributed by atoms with E-state index in [0.717, 1.165) is 23.6 Å². The number of hydrogen-bond acceptors (Lipinski definition) is 3. The van der Waals surface area contributed by atoms with Crippen LogP contribution in [0.2, 0.25) is 0 Å². The Morgan fingerprint density at radius 2 is 1.88 bits per heavy atom. The molecule has 3 nitrogen and oxygen atoms in total. The lowest BCUT2D eigenvalue weighted by molar-refractivity contribution is 0.616. The molecule has 3 N–H and O–H groups in total. The van der Waals surface area contributed by atoms with Crippen LogP contribution in [0.15, 0.2) is 12.3 Å². The number of rotatable bonds is 8. The van der Waals surface area contributed by atoms with Gasteiger partial charge in [-0.25, -0.2) is 4.98 Å². The van der Waals surface area contributed by atoms with E-state index in [-0.39, 0.29) is 0 Å². The van der Waals surface area contributed by atoms with Gasteiger partial charge in [-0.1, -0.05) is 39.0 Å². The molecule has 17 heavy (non-hydrogen) atoms. The van der Waals surface area contributed by atoms with Crippen molar-refractivity contribution in [2.75, 3.05) is 17.6 Å². The van der Waals surface area contributed by atoms with Crippen molar-refractivity contribution in [3.05, 3.63) is 17.8 Å². The Morgan fingerprint density at radius 1 is 1.18 bits per heavy atom. The number of nitrogens with zero attached hydrogens (tertiary/aromatic N) is 1. The molecule has 1 aromatic heterocycles. The van der Waals surface area contributed by atoms with Crippen LogP contribution in [0.25, 0.3) is 0 Å². The van der Waals surface area contributed by atoms with Crippen molar-refractivity contribution in [3.63, 3.8) is 0 Å². The molecule has 0 saturated heterocycles. The van der Waals surface area contributed by atoms with Crippen molar-refractivity contribution in [2.24, 2.45) is 0 Å². The summed E-state index contributed by atoms with van der Waals surface area (Å²) < 4.78 is 0. The molecule has 0 aliphatic carbocycles. The summed E-state index contributed by atoms with van der Waals surface area (Å²) in [7, 11) is 0. The number of hydrogen-bond donors (Lipinski definition) is 2. The summed E-state index contributed by atoms with van der Waals surface area (Å²) in [5.41, 5.74) is 7.51. The first kappa shape index (κ1) is 13.8. The van der Waals surface area contributed by atoms with Crippen LogP contribution in [0.3, 0.4) is 0 Å². The molecule has 0 atom stereocenters. The molecule has 0 bridgehead atoms. The Bertz CT molecular complexity index is 323. The molecule has 0 fully saturated rings. The highest BCUT2D eigenvalue weighted by atomic mass is 15.0. The van der Waals surface area contributed by atoms with E-state index in [4.69, 9.17) is 5.73 Å². The van der Waals surface area contributed by atoms with Gasteiger partial charge in [0, 0.05) is 6.54 Å². The van der Waals surface area contributed by atoms with E-state index in [0.29, 0.717) is 0 Å². The van der Waals surface area contributed by atoms with Crippen LogP contribution in [-0.4, -0.2) is 11.5 Å². The molecule has 3 heteroatoms. The number of anilines is 2. The van der Waals surface area contributed by atoms with Gasteiger partial charge >= 0.3 is 0 Å². The Hall–Kier alpha value is -1.25. The molecule has 1 aromatic rings. The fourth-order valence-corrected chi connectivity index (χ4v) is 1.89. The average molecular weight is 235 g/mol. The van der Waals surface area contributed by atoms with E-state index in [1.54, 1.807) is 6.20 Å². The number of nitrogens with one attached hydrogen (secondary N) is 1. The summed E-state index contributed by atoms with van der Waals surface area (Å²) in [4.78, 5) is 4.29. The third-order valence-corrected chi connectivity index (χ3v) is 2.92. The van der Waals surface area contributed by atoms with Crippen molar-refractivity contribution in [2.45, 2.75) is 52.4 Å². The van der Waals surface area contributed by atoms with Crippen molar-refractivity contribution in [1.82, 2.24) is 4.98 Å². The highest BCUT2D eigenvalue weighted by molar-refractivity contribution is 5.50. The van der Waals surface area contributed by atoms with E-state index < -0.39 is 0 Å². The molecule has 0 aliphatic rings. The van der Waals surface area contributed by atoms with Crippen LogP contribution in [0.5, 0.6) is 0 Å². The van der Waals surface area contributed by atoms with Gasteiger partial charge in [0.1, 0.15) is 5.82 Å². The topological polar surface area (TPSA) is 50.9 Å². The van der Waals surface area contributed by atoms with Crippen LogP contribution in [-0.2, 0) is 0 Å². The standard InChI is InChI=1S/C14H25N3/c1-3-4-5-6-7-8-9-16-14-12(2)10-13(15)11-17-14/h10-11H,3-9,15H2,1-2H3,(H,16,17). The smallest absolute Gasteiger partial charge is 0.128 e. The molecule has 0 amide bonds. The molecular formula is C14H25N3. The van der Waals surface area contributed by atoms with Gasteiger partial charge in [0.2, 0.25) is 0 Å². The second-order valence-electron chi connectivity index (χ2n) is 4.63. The first-order valence-electron chi connectivity index (χ1n) is 6.70. The van der Waals surface area contributed by atoms with Crippen LogP contribution in [0.1, 0.15) is 51.0 Å². The highest BCUT2D eigenvalue weighted by Crippen LogP contribution is 2.14. The summed E-state index contributed by atoms with van der Waals surface area (Å²) in [6.45, 7) is 5.29. The summed E-state index contributed by atoms with van der Waals surface area (Å²) in [6.07, 6.45) is 9.63. The van der Waals surface area contributed by atoms with Crippen LogP contribution < -0.4 is 11.1 Å². The maximum atomic E-state index is 5.66. The Morgan fingerprint density at radius 3 is 2.59 bits per heavy atom. The summed E-state index contributed by atoms with van der Waals surface area (Å²) in [5, 5.41) is 3.36. The summed E-state index contributed by atoms with van der Waals surface area (Å²) in [5.74, 6) is 0.966. The number of unbranched alkanes of at least 4 members (excludes halogenated alkanes) is 5. The Kier molecular flexibility index (Phi) is 6.45. The van der Waals surface area contributed by atoms with E-state index in [1.807, 2.05) is 13.0 Å². The number of aryl methyl sites for hydroxylation is 1. The third kappa shape index (κ3) is 5.57. The van der Waals surface area contributed by atoms with E-state index in [9.17, 15) is 0 Å². The highest BCUT2D eigenvalue weighted by Gasteiger charge is 1.99. The summed E-state index contributed by atoms with van der Waals surface area (Å²) >= 11 is 0. The second kappa shape index (κ2) is 7.93. The van der Waals surface area contributed by atoms with Crippen molar-refractivity contribution >= 4 is 11.5 Å². The normalized spacial score (nSPS) is 10.5. The minimum absolute atomic E-state index is 0.729. The van der Waals surface area contributed by atoms with E-state index >= 15 is 0 Å². The molecule has 0 saturated carbocycles. The molecule has 0 aromatic carbocycles. The zero-order chi connectivity index (χ0) is 12.5. The van der Waals surface area contributed by atoms with Crippen LogP contribution >= 0.6 is 0 Å². The number of pyridine rings is 1.